The van der Waals surface area contributed by atoms with Crippen LogP contribution in [0, 0.1) is 34.0 Å². The number of allylic oxidation sites excluding steroid dienone is 2. The summed E-state index contributed by atoms with van der Waals surface area (Å²) in [6.45, 7) is 9.34. The molecule has 0 fully saturated rings. The lowest BCUT2D eigenvalue weighted by molar-refractivity contribution is -0.115. The van der Waals surface area contributed by atoms with Gasteiger partial charge >= 0.3 is 0 Å². The van der Waals surface area contributed by atoms with Crippen LogP contribution in [0.1, 0.15) is 183 Å². The molecule has 0 spiro atoms. The van der Waals surface area contributed by atoms with Gasteiger partial charge in [0, 0.05) is 70.6 Å². The maximum Gasteiger partial charge on any atom is 0.257 e. The second kappa shape index (κ2) is 22.1. The van der Waals surface area contributed by atoms with E-state index in [1.54, 1.807) is 43.0 Å². The molecule has 0 saturated heterocycles. The molecule has 1 N–H and O–H groups in total. The van der Waals surface area contributed by atoms with E-state index in [4.69, 9.17) is 0 Å². The molecule has 6 aromatic rings. The van der Waals surface area contributed by atoms with Gasteiger partial charge < -0.3 is 10.2 Å². The Labute approximate surface area is 442 Å². The highest BCUT2D eigenvalue weighted by atomic mass is 32.1. The smallest absolute Gasteiger partial charge is 0.257 e. The van der Waals surface area contributed by atoms with Crippen molar-refractivity contribution in [3.05, 3.63) is 92.0 Å². The first-order valence-corrected chi connectivity index (χ1v) is 30.5. The molecule has 9 rings (SSSR count). The fourth-order valence-electron chi connectivity index (χ4n) is 12.0. The number of carbonyl (C=O) groups is 1. The van der Waals surface area contributed by atoms with Crippen LogP contribution in [-0.2, 0) is 15.6 Å². The Bertz CT molecular complexity index is 3130. The van der Waals surface area contributed by atoms with Gasteiger partial charge in [-0.3, -0.25) is 4.79 Å². The van der Waals surface area contributed by atoms with Gasteiger partial charge in [0.15, 0.2) is 5.57 Å². The predicted octanol–water partition coefficient (Wildman–Crippen LogP) is 18.7. The summed E-state index contributed by atoms with van der Waals surface area (Å²) in [5.74, 6) is -0.470. The van der Waals surface area contributed by atoms with Gasteiger partial charge in [-0.2, -0.15) is 15.8 Å². The van der Waals surface area contributed by atoms with Crippen LogP contribution < -0.4 is 10.2 Å². The summed E-state index contributed by atoms with van der Waals surface area (Å²) in [5, 5.41) is 31.9. The van der Waals surface area contributed by atoms with Crippen LogP contribution in [0.25, 0.3) is 54.8 Å². The molecule has 1 aromatic carbocycles. The molecular formula is C60H67N5OS5. The van der Waals surface area contributed by atoms with Crippen molar-refractivity contribution >= 4 is 93.2 Å². The van der Waals surface area contributed by atoms with Gasteiger partial charge in [0.2, 0.25) is 0 Å². The van der Waals surface area contributed by atoms with Crippen molar-refractivity contribution in [2.45, 2.75) is 167 Å². The quantitative estimate of drug-likeness (QED) is 0.0480. The lowest BCUT2D eigenvalue weighted by Gasteiger charge is -2.38. The average Bonchev–Trinajstić information content (AvgIpc) is 4.25. The van der Waals surface area contributed by atoms with Crippen molar-refractivity contribution in [3.63, 3.8) is 0 Å². The number of hydrogen-bond donors (Lipinski definition) is 1. The zero-order valence-corrected chi connectivity index (χ0v) is 46.6. The maximum absolute atomic E-state index is 13.2. The van der Waals surface area contributed by atoms with Crippen LogP contribution in [-0.4, -0.2) is 20.0 Å². The fraction of sp³-hybridized carbons (Fsp3) is 0.467. The summed E-state index contributed by atoms with van der Waals surface area (Å²) < 4.78 is 5.66. The Balaban J connectivity index is 1.25. The summed E-state index contributed by atoms with van der Waals surface area (Å²) in [4.78, 5) is 24.0. The van der Waals surface area contributed by atoms with Crippen LogP contribution in [0.5, 0.6) is 0 Å². The topological polar surface area (TPSA) is 104 Å². The zero-order chi connectivity index (χ0) is 49.9. The molecule has 11 heteroatoms. The highest BCUT2D eigenvalue weighted by Crippen LogP contribution is 2.72. The number of rotatable bonds is 24. The van der Waals surface area contributed by atoms with Crippen LogP contribution in [0.2, 0.25) is 0 Å². The number of thiophene rings is 5. The van der Waals surface area contributed by atoms with Crippen molar-refractivity contribution in [3.8, 4) is 48.2 Å². The molecule has 368 valence electrons. The number of benzene rings is 1. The van der Waals surface area contributed by atoms with Gasteiger partial charge in [0.05, 0.1) is 36.0 Å². The number of amides is 1. The predicted molar refractivity (Wildman–Crippen MR) is 306 cm³/mol. The second-order valence-corrected chi connectivity index (χ2v) is 25.5. The van der Waals surface area contributed by atoms with Crippen LogP contribution in [0.4, 0.5) is 5.69 Å². The third kappa shape index (κ3) is 9.21. The van der Waals surface area contributed by atoms with Crippen LogP contribution in [0.3, 0.4) is 0 Å². The van der Waals surface area contributed by atoms with E-state index in [-0.39, 0.29) is 33.2 Å². The summed E-state index contributed by atoms with van der Waals surface area (Å²) in [6.07, 6.45) is 28.2. The fourth-order valence-corrected chi connectivity index (χ4v) is 19.3. The normalized spacial score (nSPS) is 15.1. The number of unbranched alkanes of at least 4 members (excludes halogenated alkanes) is 12. The van der Waals surface area contributed by atoms with Crippen LogP contribution >= 0.6 is 56.7 Å². The van der Waals surface area contributed by atoms with Crippen LogP contribution in [0.15, 0.2) is 64.9 Å². The highest BCUT2D eigenvalue weighted by Gasteiger charge is 2.56. The van der Waals surface area contributed by atoms with Gasteiger partial charge in [0.1, 0.15) is 18.2 Å². The SMILES string of the molecule is CCCCCCC1(CCCCCC)c2c(sc3c2C(CCCCCC)(CCCCCC)c2c-3sc3cc(-c4ccc(N(C)C)cc4)sc23)-c2sc3cc(/C=C/C4=C(C#N)C(=C(C#N)C#N)NC4=O)sc3c21. The van der Waals surface area contributed by atoms with E-state index in [0.29, 0.717) is 0 Å². The standard InChI is InChI=1S/C60H67N5OS5/c1-7-11-15-19-29-59(30-20-16-12-8-2)47-48-55(71-54(47)56-49(59)52-45(69-56)33-41(67-52)27-28-42-43(37-63)51(64-58(42)66)39(35-61)36-62)57-50(60(48,31-21-17-13-9-3)32-22-18-14-10-4)53-46(70-57)34-44(68-53)38-23-25-40(26-24-38)65(5)6/h23-28,33-34H,7-22,29-32H2,1-6H3,(H,64,66)/b28-27+. The average molecular weight is 1030 g/mol. The minimum absolute atomic E-state index is 0.00180. The second-order valence-electron chi connectivity index (χ2n) is 20.3. The molecule has 0 unspecified atom stereocenters. The number of hydrogen-bond acceptors (Lipinski definition) is 10. The molecule has 5 aromatic heterocycles. The Kier molecular flexibility index (Phi) is 15.9. The minimum Gasteiger partial charge on any atom is -0.378 e. The lowest BCUT2D eigenvalue weighted by atomic mass is 9.64. The molecule has 3 aliphatic rings. The Morgan fingerprint density at radius 3 is 1.54 bits per heavy atom. The number of nitrogens with zero attached hydrogens (tertiary/aromatic N) is 4. The first-order chi connectivity index (χ1) is 34.6. The molecule has 71 heavy (non-hydrogen) atoms. The Morgan fingerprint density at radius 1 is 0.592 bits per heavy atom. The number of carbonyl (C=O) groups excluding carboxylic acids is 1. The molecule has 0 saturated carbocycles. The molecule has 6 heterocycles. The minimum atomic E-state index is -0.470. The van der Waals surface area contributed by atoms with Gasteiger partial charge in [-0.05, 0) is 78.8 Å². The van der Waals surface area contributed by atoms with E-state index in [9.17, 15) is 20.6 Å². The van der Waals surface area contributed by atoms with Crippen molar-refractivity contribution in [1.29, 1.82) is 15.8 Å². The van der Waals surface area contributed by atoms with Crippen molar-refractivity contribution in [2.75, 3.05) is 19.0 Å². The summed E-state index contributed by atoms with van der Waals surface area (Å²) >= 11 is 10.1. The summed E-state index contributed by atoms with van der Waals surface area (Å²) in [5.41, 5.74) is 9.00. The molecule has 0 atom stereocenters. The van der Waals surface area contributed by atoms with E-state index in [2.05, 4.69) is 117 Å². The molecule has 0 bridgehead atoms. The third-order valence-electron chi connectivity index (χ3n) is 15.5. The first-order valence-electron chi connectivity index (χ1n) is 26.4. The third-order valence-corrected chi connectivity index (χ3v) is 21.9. The molecular weight excluding hydrogens is 967 g/mol. The first kappa shape index (κ1) is 51.1. The largest absolute Gasteiger partial charge is 0.378 e. The van der Waals surface area contributed by atoms with E-state index >= 15 is 0 Å². The highest BCUT2D eigenvalue weighted by molar-refractivity contribution is 7.35. The Hall–Kier alpha value is -4.80. The summed E-state index contributed by atoms with van der Waals surface area (Å²) in [7, 11) is 4.23. The zero-order valence-electron chi connectivity index (χ0n) is 42.5. The van der Waals surface area contributed by atoms with Crippen molar-refractivity contribution in [1.82, 2.24) is 5.32 Å². The number of fused-ring (bicyclic) bond motifs is 11. The number of anilines is 1. The van der Waals surface area contributed by atoms with Gasteiger partial charge in [0.25, 0.3) is 5.91 Å². The Morgan fingerprint density at radius 2 is 1.07 bits per heavy atom. The number of nitriles is 3. The summed E-state index contributed by atoms with van der Waals surface area (Å²) in [6, 6.07) is 19.7. The molecule has 1 aliphatic heterocycles. The monoisotopic (exact) mass is 1030 g/mol. The number of nitrogens with one attached hydrogen (secondary N) is 1. The molecule has 1 amide bonds. The molecule has 0 radical (unpaired) electrons. The lowest BCUT2D eigenvalue weighted by Crippen LogP contribution is -2.32. The molecule has 6 nitrogen and oxygen atoms in total. The van der Waals surface area contributed by atoms with Gasteiger partial charge in [-0.1, -0.05) is 143 Å². The van der Waals surface area contributed by atoms with Crippen molar-refractivity contribution < 1.29 is 4.79 Å². The van der Waals surface area contributed by atoms with E-state index in [1.807, 2.05) is 52.2 Å². The van der Waals surface area contributed by atoms with Gasteiger partial charge in [-0.25, -0.2) is 0 Å². The van der Waals surface area contributed by atoms with E-state index < -0.39 is 5.91 Å². The van der Waals surface area contributed by atoms with Crippen molar-refractivity contribution in [2.24, 2.45) is 0 Å². The van der Waals surface area contributed by atoms with E-state index in [1.165, 1.54) is 155 Å². The molecule has 2 aliphatic carbocycles. The van der Waals surface area contributed by atoms with E-state index in [0.717, 1.165) is 17.7 Å². The van der Waals surface area contributed by atoms with Gasteiger partial charge in [-0.15, -0.1) is 56.7 Å². The maximum atomic E-state index is 13.2.